The van der Waals surface area contributed by atoms with Crippen LogP contribution in [0.15, 0.2) is 18.3 Å². The molecule has 1 heterocycles. The van der Waals surface area contributed by atoms with Gasteiger partial charge < -0.3 is 11.1 Å². The van der Waals surface area contributed by atoms with Crippen molar-refractivity contribution in [2.45, 2.75) is 27.2 Å². The van der Waals surface area contributed by atoms with Gasteiger partial charge in [-0.1, -0.05) is 19.1 Å². The van der Waals surface area contributed by atoms with Crippen molar-refractivity contribution in [3.63, 3.8) is 0 Å². The Balaban J connectivity index is 2.85. The summed E-state index contributed by atoms with van der Waals surface area (Å²) in [6, 6.07) is 3.63. The second kappa shape index (κ2) is 5.23. The van der Waals surface area contributed by atoms with Crippen LogP contribution in [0.2, 0.25) is 0 Å². The molecule has 0 spiro atoms. The molecule has 1 aromatic rings. The van der Waals surface area contributed by atoms with Gasteiger partial charge in [0, 0.05) is 5.69 Å². The number of carbonyl (C=O) groups excluding carboxylic acids is 1. The molecule has 1 aromatic heterocycles. The third kappa shape index (κ3) is 3.00. The van der Waals surface area contributed by atoms with Gasteiger partial charge in [0.2, 0.25) is 5.91 Å². The number of hydrogen-bond donors (Lipinski definition) is 2. The van der Waals surface area contributed by atoms with E-state index in [1.54, 1.807) is 19.2 Å². The van der Waals surface area contributed by atoms with Gasteiger partial charge in [0.1, 0.15) is 0 Å². The van der Waals surface area contributed by atoms with Gasteiger partial charge in [-0.05, 0) is 32.4 Å². The molecular weight excluding hydrogens is 234 g/mol. The number of thiocarbonyl (C=S) groups is 1. The van der Waals surface area contributed by atoms with Gasteiger partial charge in [-0.2, -0.15) is 0 Å². The number of nitrogens with zero attached hydrogens (tertiary/aromatic N) is 1. The van der Waals surface area contributed by atoms with E-state index in [1.807, 2.05) is 19.9 Å². The molecule has 92 valence electrons. The van der Waals surface area contributed by atoms with Crippen LogP contribution >= 0.6 is 12.2 Å². The van der Waals surface area contributed by atoms with Crippen LogP contribution < -0.4 is 11.1 Å². The summed E-state index contributed by atoms with van der Waals surface area (Å²) in [7, 11) is 0. The number of pyridine rings is 1. The number of amides is 1. The average Bonchev–Trinajstić information content (AvgIpc) is 2.30. The number of anilines is 1. The van der Waals surface area contributed by atoms with Crippen molar-refractivity contribution >= 4 is 28.8 Å². The molecule has 1 amide bonds. The first-order valence-corrected chi connectivity index (χ1v) is 5.85. The summed E-state index contributed by atoms with van der Waals surface area (Å²) in [5.74, 6) is -0.196. The van der Waals surface area contributed by atoms with Gasteiger partial charge >= 0.3 is 0 Å². The van der Waals surface area contributed by atoms with Gasteiger partial charge in [0.15, 0.2) is 0 Å². The third-order valence-electron chi connectivity index (χ3n) is 2.92. The van der Waals surface area contributed by atoms with E-state index in [0.717, 1.165) is 5.69 Å². The summed E-state index contributed by atoms with van der Waals surface area (Å²) < 4.78 is 0. The van der Waals surface area contributed by atoms with Crippen molar-refractivity contribution < 1.29 is 4.79 Å². The molecule has 1 unspecified atom stereocenters. The highest BCUT2D eigenvalue weighted by molar-refractivity contribution is 7.80. The molecule has 0 bridgehead atoms. The van der Waals surface area contributed by atoms with Crippen LogP contribution in [0.3, 0.4) is 0 Å². The van der Waals surface area contributed by atoms with Crippen LogP contribution in [-0.4, -0.2) is 15.9 Å². The summed E-state index contributed by atoms with van der Waals surface area (Å²) in [4.78, 5) is 16.4. The minimum Gasteiger partial charge on any atom is -0.392 e. The Morgan fingerprint density at radius 2 is 2.24 bits per heavy atom. The number of carbonyl (C=O) groups is 1. The third-order valence-corrected chi connectivity index (χ3v) is 3.37. The molecule has 0 aliphatic rings. The number of aromatic nitrogens is 1. The van der Waals surface area contributed by atoms with Crippen LogP contribution in [0.25, 0.3) is 0 Å². The maximum atomic E-state index is 12.1. The summed E-state index contributed by atoms with van der Waals surface area (Å²) >= 11 is 4.94. The summed E-state index contributed by atoms with van der Waals surface area (Å²) in [6.45, 7) is 5.51. The lowest BCUT2D eigenvalue weighted by Crippen LogP contribution is -2.43. The molecule has 0 fully saturated rings. The van der Waals surface area contributed by atoms with Gasteiger partial charge in [-0.15, -0.1) is 0 Å². The lowest BCUT2D eigenvalue weighted by Gasteiger charge is -2.25. The highest BCUT2D eigenvalue weighted by atomic mass is 32.1. The predicted octanol–water partition coefficient (Wildman–Crippen LogP) is 2.03. The van der Waals surface area contributed by atoms with Crippen LogP contribution in [-0.2, 0) is 4.79 Å². The zero-order valence-electron chi connectivity index (χ0n) is 10.3. The lowest BCUT2D eigenvalue weighted by atomic mass is 9.86. The standard InChI is InChI=1S/C12H17N3OS/c1-4-12(3,10(13)17)11(16)15-9-6-5-8(2)14-7-9/h5-7H,4H2,1-3H3,(H2,13,17)(H,15,16). The zero-order chi connectivity index (χ0) is 13.1. The first kappa shape index (κ1) is 13.6. The van der Waals surface area contributed by atoms with Crippen molar-refractivity contribution in [2.24, 2.45) is 11.1 Å². The smallest absolute Gasteiger partial charge is 0.237 e. The molecule has 17 heavy (non-hydrogen) atoms. The number of nitrogens with two attached hydrogens (primary N) is 1. The molecule has 1 rings (SSSR count). The number of nitrogens with one attached hydrogen (secondary N) is 1. The fraction of sp³-hybridized carbons (Fsp3) is 0.417. The number of rotatable bonds is 4. The highest BCUT2D eigenvalue weighted by Crippen LogP contribution is 2.23. The van der Waals surface area contributed by atoms with E-state index in [0.29, 0.717) is 12.1 Å². The Morgan fingerprint density at radius 3 is 2.65 bits per heavy atom. The van der Waals surface area contributed by atoms with Crippen molar-refractivity contribution in [3.8, 4) is 0 Å². The van der Waals surface area contributed by atoms with Crippen molar-refractivity contribution in [2.75, 3.05) is 5.32 Å². The predicted molar refractivity (Wildman–Crippen MR) is 72.8 cm³/mol. The largest absolute Gasteiger partial charge is 0.392 e. The fourth-order valence-corrected chi connectivity index (χ4v) is 1.49. The van der Waals surface area contributed by atoms with E-state index in [1.165, 1.54) is 0 Å². The maximum Gasteiger partial charge on any atom is 0.237 e. The van der Waals surface area contributed by atoms with Crippen LogP contribution in [0, 0.1) is 12.3 Å². The Bertz CT molecular complexity index is 430. The lowest BCUT2D eigenvalue weighted by molar-refractivity contribution is -0.121. The molecule has 0 aromatic carbocycles. The monoisotopic (exact) mass is 251 g/mol. The van der Waals surface area contributed by atoms with Crippen LogP contribution in [0.4, 0.5) is 5.69 Å². The first-order valence-electron chi connectivity index (χ1n) is 5.44. The average molecular weight is 251 g/mol. The summed E-state index contributed by atoms with van der Waals surface area (Å²) in [5.41, 5.74) is 6.34. The molecule has 3 N–H and O–H groups in total. The number of aryl methyl sites for hydroxylation is 1. The molecule has 0 aliphatic carbocycles. The van der Waals surface area contributed by atoms with Crippen molar-refractivity contribution in [1.82, 2.24) is 4.98 Å². The van der Waals surface area contributed by atoms with Gasteiger partial charge in [-0.3, -0.25) is 9.78 Å². The summed E-state index contributed by atoms with van der Waals surface area (Å²) in [6.07, 6.45) is 2.18. The topological polar surface area (TPSA) is 68.0 Å². The SMILES string of the molecule is CCC(C)(C(=O)Nc1ccc(C)nc1)C(N)=S. The Hall–Kier alpha value is -1.49. The summed E-state index contributed by atoms with van der Waals surface area (Å²) in [5, 5.41) is 2.77. The van der Waals surface area contributed by atoms with E-state index < -0.39 is 5.41 Å². The Kier molecular flexibility index (Phi) is 4.17. The molecule has 0 radical (unpaired) electrons. The van der Waals surface area contributed by atoms with E-state index in [9.17, 15) is 4.79 Å². The minimum absolute atomic E-state index is 0.196. The highest BCUT2D eigenvalue weighted by Gasteiger charge is 2.34. The molecule has 4 nitrogen and oxygen atoms in total. The second-order valence-electron chi connectivity index (χ2n) is 4.19. The molecular formula is C12H17N3OS. The maximum absolute atomic E-state index is 12.1. The van der Waals surface area contributed by atoms with Gasteiger partial charge in [0.05, 0.1) is 22.3 Å². The Morgan fingerprint density at radius 1 is 1.59 bits per heavy atom. The number of hydrogen-bond acceptors (Lipinski definition) is 3. The van der Waals surface area contributed by atoms with E-state index in [-0.39, 0.29) is 10.9 Å². The molecule has 0 saturated heterocycles. The minimum atomic E-state index is -0.819. The van der Waals surface area contributed by atoms with Crippen molar-refractivity contribution in [1.29, 1.82) is 0 Å². The van der Waals surface area contributed by atoms with Crippen molar-refractivity contribution in [3.05, 3.63) is 24.0 Å². The van der Waals surface area contributed by atoms with E-state index in [2.05, 4.69) is 10.3 Å². The second-order valence-corrected chi connectivity index (χ2v) is 4.63. The molecule has 5 heteroatoms. The first-order chi connectivity index (χ1) is 7.90. The van der Waals surface area contributed by atoms with Gasteiger partial charge in [-0.25, -0.2) is 0 Å². The zero-order valence-corrected chi connectivity index (χ0v) is 11.1. The quantitative estimate of drug-likeness (QED) is 0.803. The van der Waals surface area contributed by atoms with Crippen LogP contribution in [0.5, 0.6) is 0 Å². The van der Waals surface area contributed by atoms with E-state index in [4.69, 9.17) is 18.0 Å². The normalized spacial score (nSPS) is 13.8. The van der Waals surface area contributed by atoms with E-state index >= 15 is 0 Å². The van der Waals surface area contributed by atoms with Crippen LogP contribution in [0.1, 0.15) is 26.0 Å². The van der Waals surface area contributed by atoms with Gasteiger partial charge in [0.25, 0.3) is 0 Å². The fourth-order valence-electron chi connectivity index (χ4n) is 1.26. The molecule has 1 atom stereocenters. The Labute approximate surface area is 107 Å². The molecule has 0 aliphatic heterocycles. The molecule has 0 saturated carbocycles.